The predicted octanol–water partition coefficient (Wildman–Crippen LogP) is 2.60. The summed E-state index contributed by atoms with van der Waals surface area (Å²) >= 11 is 0. The molecule has 0 fully saturated rings. The minimum Gasteiger partial charge on any atom is -0.493 e. The summed E-state index contributed by atoms with van der Waals surface area (Å²) < 4.78 is 10.7. The summed E-state index contributed by atoms with van der Waals surface area (Å²) in [6.45, 7) is 0.710. The maximum atomic E-state index is 10.8. The SMILES string of the molecule is CNCCc1cc(OC)c(OC)cc1/C(=N\O)c1ccc([N+](=O)[O-])cc1. The molecule has 0 aliphatic rings. The fourth-order valence-corrected chi connectivity index (χ4v) is 2.62. The number of nitrogens with one attached hydrogen (secondary N) is 1. The molecule has 0 heterocycles. The van der Waals surface area contributed by atoms with Crippen molar-refractivity contribution in [2.24, 2.45) is 5.16 Å². The van der Waals surface area contributed by atoms with Crippen LogP contribution in [0.25, 0.3) is 0 Å². The fraction of sp³-hybridized carbons (Fsp3) is 0.278. The van der Waals surface area contributed by atoms with E-state index < -0.39 is 4.92 Å². The van der Waals surface area contributed by atoms with E-state index in [-0.39, 0.29) is 5.69 Å². The molecular formula is C18H21N3O5. The maximum absolute atomic E-state index is 10.8. The first-order valence-corrected chi connectivity index (χ1v) is 7.92. The smallest absolute Gasteiger partial charge is 0.269 e. The van der Waals surface area contributed by atoms with Gasteiger partial charge in [-0.25, -0.2) is 0 Å². The first-order chi connectivity index (χ1) is 12.5. The monoisotopic (exact) mass is 359 g/mol. The van der Waals surface area contributed by atoms with E-state index >= 15 is 0 Å². The number of methoxy groups -OCH3 is 2. The van der Waals surface area contributed by atoms with Gasteiger partial charge in [0.2, 0.25) is 0 Å². The highest BCUT2D eigenvalue weighted by Gasteiger charge is 2.18. The van der Waals surface area contributed by atoms with Gasteiger partial charge in [0.05, 0.1) is 19.1 Å². The Morgan fingerprint density at radius 3 is 2.31 bits per heavy atom. The van der Waals surface area contributed by atoms with Crippen LogP contribution in [0.1, 0.15) is 16.7 Å². The van der Waals surface area contributed by atoms with Crippen molar-refractivity contribution in [2.45, 2.75) is 6.42 Å². The molecule has 0 saturated carbocycles. The van der Waals surface area contributed by atoms with Crippen LogP contribution in [-0.2, 0) is 6.42 Å². The van der Waals surface area contributed by atoms with Crippen molar-refractivity contribution in [3.63, 3.8) is 0 Å². The third-order valence-corrected chi connectivity index (χ3v) is 3.96. The summed E-state index contributed by atoms with van der Waals surface area (Å²) in [6, 6.07) is 9.41. The zero-order chi connectivity index (χ0) is 19.1. The van der Waals surface area contributed by atoms with E-state index in [1.165, 1.54) is 19.2 Å². The number of nitrogens with zero attached hydrogens (tertiary/aromatic N) is 2. The van der Waals surface area contributed by atoms with Crippen LogP contribution in [0.2, 0.25) is 0 Å². The van der Waals surface area contributed by atoms with Crippen LogP contribution in [0.3, 0.4) is 0 Å². The van der Waals surface area contributed by atoms with Gasteiger partial charge in [0.15, 0.2) is 11.5 Å². The summed E-state index contributed by atoms with van der Waals surface area (Å²) in [5.41, 5.74) is 2.37. The van der Waals surface area contributed by atoms with Gasteiger partial charge in [-0.1, -0.05) is 5.16 Å². The molecule has 0 saturated heterocycles. The molecule has 0 bridgehead atoms. The molecule has 8 nitrogen and oxygen atoms in total. The number of nitro groups is 1. The number of hydrogen-bond acceptors (Lipinski definition) is 7. The Bertz CT molecular complexity index is 803. The normalized spacial score (nSPS) is 11.3. The van der Waals surface area contributed by atoms with Crippen LogP contribution in [0.15, 0.2) is 41.6 Å². The van der Waals surface area contributed by atoms with Gasteiger partial charge < -0.3 is 20.0 Å². The van der Waals surface area contributed by atoms with E-state index in [0.29, 0.717) is 41.3 Å². The van der Waals surface area contributed by atoms with Gasteiger partial charge in [-0.3, -0.25) is 10.1 Å². The van der Waals surface area contributed by atoms with Crippen LogP contribution >= 0.6 is 0 Å². The van der Waals surface area contributed by atoms with Crippen molar-refractivity contribution in [1.82, 2.24) is 5.32 Å². The average Bonchev–Trinajstić information content (AvgIpc) is 2.67. The van der Waals surface area contributed by atoms with E-state index in [9.17, 15) is 15.3 Å². The molecule has 2 aromatic carbocycles. The second kappa shape index (κ2) is 8.82. The Balaban J connectivity index is 2.55. The highest BCUT2D eigenvalue weighted by atomic mass is 16.6. The fourth-order valence-electron chi connectivity index (χ4n) is 2.62. The summed E-state index contributed by atoms with van der Waals surface area (Å²) in [4.78, 5) is 10.4. The number of hydrogen-bond donors (Lipinski definition) is 2. The number of ether oxygens (including phenoxy) is 2. The van der Waals surface area contributed by atoms with Crippen LogP contribution in [0, 0.1) is 10.1 Å². The van der Waals surface area contributed by atoms with Crippen molar-refractivity contribution in [3.8, 4) is 11.5 Å². The quantitative estimate of drug-likeness (QED) is 0.325. The highest BCUT2D eigenvalue weighted by Crippen LogP contribution is 2.32. The zero-order valence-corrected chi connectivity index (χ0v) is 14.9. The number of likely N-dealkylation sites (N-methyl/N-ethyl adjacent to an activating group) is 1. The lowest BCUT2D eigenvalue weighted by atomic mass is 9.95. The van der Waals surface area contributed by atoms with Gasteiger partial charge in [0.25, 0.3) is 5.69 Å². The predicted molar refractivity (Wildman–Crippen MR) is 97.7 cm³/mol. The Kier molecular flexibility index (Phi) is 6.51. The summed E-state index contributed by atoms with van der Waals surface area (Å²) in [5.74, 6) is 1.07. The second-order valence-corrected chi connectivity index (χ2v) is 5.47. The van der Waals surface area contributed by atoms with E-state index in [1.807, 2.05) is 13.1 Å². The summed E-state index contributed by atoms with van der Waals surface area (Å²) in [6.07, 6.45) is 0.665. The lowest BCUT2D eigenvalue weighted by molar-refractivity contribution is -0.384. The molecule has 0 unspecified atom stereocenters. The third kappa shape index (κ3) is 4.09. The molecule has 0 aromatic heterocycles. The molecule has 0 radical (unpaired) electrons. The van der Waals surface area contributed by atoms with Crippen LogP contribution in [-0.4, -0.2) is 43.7 Å². The summed E-state index contributed by atoms with van der Waals surface area (Å²) in [5, 5.41) is 27.0. The molecule has 138 valence electrons. The number of rotatable bonds is 8. The van der Waals surface area contributed by atoms with Gasteiger partial charge in [0, 0.05) is 23.3 Å². The number of non-ortho nitro benzene ring substituents is 1. The molecule has 0 spiro atoms. The Morgan fingerprint density at radius 1 is 1.19 bits per heavy atom. The van der Waals surface area contributed by atoms with Crippen LogP contribution < -0.4 is 14.8 Å². The van der Waals surface area contributed by atoms with Gasteiger partial charge in [-0.05, 0) is 49.8 Å². The molecule has 2 rings (SSSR count). The average molecular weight is 359 g/mol. The number of oxime groups is 1. The first-order valence-electron chi connectivity index (χ1n) is 7.92. The molecule has 2 N–H and O–H groups in total. The van der Waals surface area contributed by atoms with Crippen molar-refractivity contribution in [3.05, 3.63) is 63.2 Å². The maximum Gasteiger partial charge on any atom is 0.269 e. The minimum atomic E-state index is -0.478. The van der Waals surface area contributed by atoms with Crippen molar-refractivity contribution >= 4 is 11.4 Å². The van der Waals surface area contributed by atoms with E-state index in [2.05, 4.69) is 10.5 Å². The topological polar surface area (TPSA) is 106 Å². The third-order valence-electron chi connectivity index (χ3n) is 3.96. The van der Waals surface area contributed by atoms with Crippen molar-refractivity contribution in [2.75, 3.05) is 27.8 Å². The molecule has 26 heavy (non-hydrogen) atoms. The number of benzene rings is 2. The Labute approximate surface area is 151 Å². The molecule has 2 aromatic rings. The van der Waals surface area contributed by atoms with Gasteiger partial charge in [-0.2, -0.15) is 0 Å². The largest absolute Gasteiger partial charge is 0.493 e. The molecular weight excluding hydrogens is 338 g/mol. The molecule has 8 heteroatoms. The lowest BCUT2D eigenvalue weighted by Gasteiger charge is -2.16. The molecule has 0 amide bonds. The molecule has 0 aliphatic heterocycles. The molecule has 0 atom stereocenters. The van der Waals surface area contributed by atoms with Crippen LogP contribution in [0.5, 0.6) is 11.5 Å². The van der Waals surface area contributed by atoms with E-state index in [0.717, 1.165) is 5.56 Å². The number of nitro benzene ring substituents is 1. The first kappa shape index (κ1) is 19.2. The van der Waals surface area contributed by atoms with E-state index in [1.54, 1.807) is 25.3 Å². The standard InChI is InChI=1S/C18H21N3O5/c1-19-9-8-13-10-16(25-2)17(26-3)11-15(13)18(20-22)12-4-6-14(7-5-12)21(23)24/h4-7,10-11,19,22H,8-9H2,1-3H3/b20-18-. The van der Waals surface area contributed by atoms with Gasteiger partial charge in [0.1, 0.15) is 5.71 Å². The molecule has 0 aliphatic carbocycles. The minimum absolute atomic E-state index is 0.0336. The van der Waals surface area contributed by atoms with Gasteiger partial charge >= 0.3 is 0 Å². The second-order valence-electron chi connectivity index (χ2n) is 5.47. The highest BCUT2D eigenvalue weighted by molar-refractivity contribution is 6.13. The Hall–Kier alpha value is -3.13. The summed E-state index contributed by atoms with van der Waals surface area (Å²) in [7, 11) is 4.92. The van der Waals surface area contributed by atoms with Gasteiger partial charge in [-0.15, -0.1) is 0 Å². The van der Waals surface area contributed by atoms with Crippen LogP contribution in [0.4, 0.5) is 5.69 Å². The van der Waals surface area contributed by atoms with E-state index in [4.69, 9.17) is 9.47 Å². The zero-order valence-electron chi connectivity index (χ0n) is 14.9. The van der Waals surface area contributed by atoms with Crippen molar-refractivity contribution in [1.29, 1.82) is 0 Å². The van der Waals surface area contributed by atoms with Crippen molar-refractivity contribution < 1.29 is 19.6 Å². The Morgan fingerprint density at radius 2 is 1.81 bits per heavy atom. The lowest BCUT2D eigenvalue weighted by Crippen LogP contribution is -2.14.